The molecule has 1 fully saturated rings. The Morgan fingerprint density at radius 2 is 1.84 bits per heavy atom. The molecule has 1 saturated heterocycles. The van der Waals surface area contributed by atoms with E-state index >= 15 is 0 Å². The Labute approximate surface area is 269 Å². The van der Waals surface area contributed by atoms with E-state index in [2.05, 4.69) is 15.5 Å². The van der Waals surface area contributed by atoms with Crippen molar-refractivity contribution in [3.05, 3.63) is 58.6 Å². The highest BCUT2D eigenvalue weighted by Crippen LogP contribution is 2.32. The number of benzene rings is 2. The van der Waals surface area contributed by atoms with Crippen molar-refractivity contribution < 1.29 is 33.4 Å². The van der Waals surface area contributed by atoms with Crippen molar-refractivity contribution in [3.8, 4) is 5.75 Å². The number of hydrogen-bond donors (Lipinski definition) is 2. The van der Waals surface area contributed by atoms with Crippen molar-refractivity contribution in [1.29, 1.82) is 0 Å². The first-order chi connectivity index (χ1) is 21.7. The monoisotopic (exact) mass is 642 g/mol. The highest BCUT2D eigenvalue weighted by atomic mass is 35.5. The number of halogens is 1. The second-order valence-electron chi connectivity index (χ2n) is 11.4. The van der Waals surface area contributed by atoms with Gasteiger partial charge in [0.05, 0.1) is 29.3 Å². The Morgan fingerprint density at radius 1 is 1.04 bits per heavy atom. The smallest absolute Gasteiger partial charge is 0.314 e. The van der Waals surface area contributed by atoms with Crippen LogP contribution in [0.4, 0.5) is 5.69 Å². The first-order valence-corrected chi connectivity index (χ1v) is 15.9. The lowest BCUT2D eigenvalue weighted by Gasteiger charge is -2.32. The lowest BCUT2D eigenvalue weighted by molar-refractivity contribution is -0.156. The molecule has 2 aliphatic heterocycles. The highest BCUT2D eigenvalue weighted by Gasteiger charge is 2.40. The summed E-state index contributed by atoms with van der Waals surface area (Å²) in [7, 11) is 1.59. The zero-order valence-corrected chi connectivity index (χ0v) is 26.8. The predicted molar refractivity (Wildman–Crippen MR) is 171 cm³/mol. The number of carbonyl (C=O) groups is 4. The molecule has 2 aromatic rings. The number of carbonyl (C=O) groups excluding carboxylic acids is 4. The van der Waals surface area contributed by atoms with Gasteiger partial charge in [0.25, 0.3) is 11.8 Å². The number of ether oxygens (including phenoxy) is 3. The normalized spacial score (nSPS) is 19.8. The number of esters is 1. The summed E-state index contributed by atoms with van der Waals surface area (Å²) in [6.07, 6.45) is 3.38. The van der Waals surface area contributed by atoms with E-state index < -0.39 is 23.2 Å². The summed E-state index contributed by atoms with van der Waals surface area (Å²) in [5, 5.41) is 6.13. The molecule has 2 heterocycles. The van der Waals surface area contributed by atoms with E-state index in [4.69, 9.17) is 25.8 Å². The van der Waals surface area contributed by atoms with Crippen LogP contribution in [-0.2, 0) is 30.3 Å². The lowest BCUT2D eigenvalue weighted by atomic mass is 9.77. The fourth-order valence-electron chi connectivity index (χ4n) is 5.78. The Morgan fingerprint density at radius 3 is 2.58 bits per heavy atom. The van der Waals surface area contributed by atoms with E-state index in [1.54, 1.807) is 44.4 Å². The van der Waals surface area contributed by atoms with E-state index in [9.17, 15) is 19.2 Å². The number of nitrogens with one attached hydrogen (secondary N) is 2. The largest absolute Gasteiger partial charge is 0.484 e. The van der Waals surface area contributed by atoms with E-state index in [1.165, 1.54) is 4.90 Å². The third-order valence-corrected chi connectivity index (χ3v) is 8.42. The third-order valence-electron chi connectivity index (χ3n) is 8.11. The minimum Gasteiger partial charge on any atom is -0.484 e. The van der Waals surface area contributed by atoms with Crippen molar-refractivity contribution in [3.63, 3.8) is 0 Å². The maximum Gasteiger partial charge on any atom is 0.314 e. The van der Waals surface area contributed by atoms with Gasteiger partial charge in [-0.3, -0.25) is 19.2 Å². The van der Waals surface area contributed by atoms with Crippen LogP contribution in [0.2, 0.25) is 5.02 Å². The maximum atomic E-state index is 13.7. The molecule has 2 aromatic carbocycles. The van der Waals surface area contributed by atoms with Crippen LogP contribution < -0.4 is 20.3 Å². The molecule has 244 valence electrons. The van der Waals surface area contributed by atoms with Gasteiger partial charge in [-0.2, -0.15) is 0 Å². The third kappa shape index (κ3) is 9.34. The number of hydrogen-bond acceptors (Lipinski definition) is 8. The molecule has 0 radical (unpaired) electrons. The van der Waals surface area contributed by atoms with Gasteiger partial charge in [-0.1, -0.05) is 23.7 Å². The number of rotatable bonds is 8. The average Bonchev–Trinajstić information content (AvgIpc) is 3.56. The number of amides is 3. The van der Waals surface area contributed by atoms with Crippen LogP contribution >= 0.6 is 11.6 Å². The Bertz CT molecular complexity index is 1350. The quantitative estimate of drug-likeness (QED) is 0.332. The van der Waals surface area contributed by atoms with Gasteiger partial charge in [-0.15, -0.1) is 0 Å². The van der Waals surface area contributed by atoms with Gasteiger partial charge < -0.3 is 34.6 Å². The molecule has 0 aromatic heterocycles. The molecular formula is C33H43ClN4O7. The standard InChI is InChI=1S/C33H43ClN4O7/c1-3-44-32(42)33(12-7-17-43-2)20-24-8-6-9-26(18-24)45-22-30(40)35-13-16-38(21-29(39)36-23-33)31(41)25-10-11-28(27(34)19-25)37-14-4-5-15-37/h6,8-11,18-19H,3-5,7,12-17,20-23H2,1-2H3,(H,35,40)(H,36,39). The number of fused-ring (bicyclic) bond motifs is 2. The summed E-state index contributed by atoms with van der Waals surface area (Å²) < 4.78 is 16.5. The van der Waals surface area contributed by atoms with Gasteiger partial charge in [-0.25, -0.2) is 0 Å². The van der Waals surface area contributed by atoms with Crippen molar-refractivity contribution in [2.45, 2.75) is 39.0 Å². The molecule has 0 spiro atoms. The van der Waals surface area contributed by atoms with Crippen molar-refractivity contribution >= 4 is 41.0 Å². The number of methoxy groups -OCH3 is 1. The summed E-state index contributed by atoms with van der Waals surface area (Å²) in [6.45, 7) is 3.80. The summed E-state index contributed by atoms with van der Waals surface area (Å²) in [5.41, 5.74) is 0.882. The maximum absolute atomic E-state index is 13.7. The SMILES string of the molecule is CCOC(=O)C1(CCCOC)CNC(=O)CN(C(=O)c2ccc(N3CCCC3)c(Cl)c2)CCNC(=O)COc2cccc(c2)C1. The molecule has 2 N–H and O–H groups in total. The minimum absolute atomic E-state index is 0.00537. The van der Waals surface area contributed by atoms with Crippen LogP contribution in [0.5, 0.6) is 5.75 Å². The van der Waals surface area contributed by atoms with Crippen molar-refractivity contribution in [2.75, 3.05) is 71.1 Å². The Kier molecular flexibility index (Phi) is 12.5. The fraction of sp³-hybridized carbons (Fsp3) is 0.515. The molecule has 12 heteroatoms. The fourth-order valence-corrected chi connectivity index (χ4v) is 6.08. The highest BCUT2D eigenvalue weighted by molar-refractivity contribution is 6.33. The molecule has 2 aliphatic rings. The number of nitrogens with zero attached hydrogens (tertiary/aromatic N) is 2. The zero-order valence-electron chi connectivity index (χ0n) is 26.1. The average molecular weight is 643 g/mol. The summed E-state index contributed by atoms with van der Waals surface area (Å²) in [5.74, 6) is -1.19. The lowest BCUT2D eigenvalue weighted by Crippen LogP contribution is -2.49. The zero-order chi connectivity index (χ0) is 32.2. The van der Waals surface area contributed by atoms with Crippen molar-refractivity contribution in [2.24, 2.45) is 5.41 Å². The Hall–Kier alpha value is -3.83. The first kappa shape index (κ1) is 34.1. The molecule has 1 atom stereocenters. The van der Waals surface area contributed by atoms with Crippen LogP contribution in [0, 0.1) is 5.41 Å². The van der Waals surface area contributed by atoms with Crippen LogP contribution in [0.15, 0.2) is 42.5 Å². The van der Waals surface area contributed by atoms with Gasteiger partial charge in [-0.05, 0) is 74.9 Å². The molecule has 0 aliphatic carbocycles. The van der Waals surface area contributed by atoms with Gasteiger partial charge in [0, 0.05) is 52.0 Å². The van der Waals surface area contributed by atoms with Gasteiger partial charge in [0.2, 0.25) is 5.91 Å². The molecule has 2 bridgehead atoms. The van der Waals surface area contributed by atoms with Crippen LogP contribution in [0.1, 0.15) is 48.5 Å². The summed E-state index contributed by atoms with van der Waals surface area (Å²) >= 11 is 6.60. The van der Waals surface area contributed by atoms with E-state index in [0.717, 1.165) is 37.2 Å². The van der Waals surface area contributed by atoms with E-state index in [1.807, 2.05) is 12.1 Å². The topological polar surface area (TPSA) is 127 Å². The molecule has 11 nitrogen and oxygen atoms in total. The second kappa shape index (κ2) is 16.5. The summed E-state index contributed by atoms with van der Waals surface area (Å²) in [4.78, 5) is 56.8. The Balaban J connectivity index is 1.60. The molecule has 1 unspecified atom stereocenters. The van der Waals surface area contributed by atoms with Crippen LogP contribution in [0.25, 0.3) is 0 Å². The van der Waals surface area contributed by atoms with Crippen molar-refractivity contribution in [1.82, 2.24) is 15.5 Å². The summed E-state index contributed by atoms with van der Waals surface area (Å²) in [6, 6.07) is 12.3. The van der Waals surface area contributed by atoms with Gasteiger partial charge in [0.1, 0.15) is 5.75 Å². The number of anilines is 1. The first-order valence-electron chi connectivity index (χ1n) is 15.5. The van der Waals surface area contributed by atoms with Crippen LogP contribution in [-0.4, -0.2) is 94.8 Å². The van der Waals surface area contributed by atoms with Gasteiger partial charge >= 0.3 is 5.97 Å². The molecule has 4 rings (SSSR count). The van der Waals surface area contributed by atoms with Gasteiger partial charge in [0.15, 0.2) is 6.61 Å². The molecular weight excluding hydrogens is 600 g/mol. The second-order valence-corrected chi connectivity index (χ2v) is 11.8. The predicted octanol–water partition coefficient (Wildman–Crippen LogP) is 3.23. The molecule has 3 amide bonds. The van der Waals surface area contributed by atoms with Crippen LogP contribution in [0.3, 0.4) is 0 Å². The minimum atomic E-state index is -1.11. The molecule has 45 heavy (non-hydrogen) atoms. The molecule has 0 saturated carbocycles. The van der Waals surface area contributed by atoms with E-state index in [-0.39, 0.29) is 51.7 Å². The van der Waals surface area contributed by atoms with E-state index in [0.29, 0.717) is 35.8 Å².